The Bertz CT molecular complexity index is 1010. The van der Waals surface area contributed by atoms with Crippen LogP contribution in [-0.4, -0.2) is 23.7 Å². The van der Waals surface area contributed by atoms with Gasteiger partial charge in [0, 0.05) is 29.8 Å². The zero-order chi connectivity index (χ0) is 21.5. The summed E-state index contributed by atoms with van der Waals surface area (Å²) in [5.74, 6) is 0.420. The molecule has 0 fully saturated rings. The van der Waals surface area contributed by atoms with Gasteiger partial charge < -0.3 is 17.9 Å². The number of fused-ring (bicyclic) bond motifs is 1. The van der Waals surface area contributed by atoms with Crippen LogP contribution in [0.3, 0.4) is 0 Å². The lowest BCUT2D eigenvalue weighted by Crippen LogP contribution is -2.64. The summed E-state index contributed by atoms with van der Waals surface area (Å²) in [5, 5.41) is 0. The van der Waals surface area contributed by atoms with Gasteiger partial charge in [-0.05, 0) is 29.5 Å². The Morgan fingerprint density at radius 3 is 2.27 bits per heavy atom. The molecule has 0 amide bonds. The highest BCUT2D eigenvalue weighted by Gasteiger charge is 2.56. The predicted molar refractivity (Wildman–Crippen MR) is 123 cm³/mol. The van der Waals surface area contributed by atoms with E-state index in [9.17, 15) is 0 Å². The Kier molecular flexibility index (Phi) is 5.39. The van der Waals surface area contributed by atoms with Gasteiger partial charge in [-0.1, -0.05) is 76.3 Å². The number of halogens is 2. The number of para-hydroxylation sites is 2. The van der Waals surface area contributed by atoms with E-state index >= 15 is 8.63 Å². The maximum Gasteiger partial charge on any atom is 0.733 e. The number of nitrogens with zero attached hydrogens (tertiary/aromatic N) is 2. The quantitative estimate of drug-likeness (QED) is 0.530. The molecule has 2 atom stereocenters. The Morgan fingerprint density at radius 2 is 1.60 bits per heavy atom. The third-order valence-corrected chi connectivity index (χ3v) is 6.28. The van der Waals surface area contributed by atoms with Crippen LogP contribution in [0.5, 0.6) is 0 Å². The van der Waals surface area contributed by atoms with E-state index in [0.717, 1.165) is 11.1 Å². The Balaban J connectivity index is 1.95. The third-order valence-electron chi connectivity index (χ3n) is 6.28. The second kappa shape index (κ2) is 7.86. The number of hydrogen-bond acceptors (Lipinski definition) is 1. The highest BCUT2D eigenvalue weighted by Crippen LogP contribution is 2.43. The van der Waals surface area contributed by atoms with Crippen LogP contribution in [0.1, 0.15) is 33.3 Å². The van der Waals surface area contributed by atoms with E-state index in [1.807, 2.05) is 42.5 Å². The van der Waals surface area contributed by atoms with E-state index in [-0.39, 0.29) is 17.8 Å². The number of anilines is 1. The minimum atomic E-state index is -4.05. The van der Waals surface area contributed by atoms with Crippen LogP contribution in [0.25, 0.3) is 0 Å². The van der Waals surface area contributed by atoms with E-state index in [4.69, 9.17) is 0 Å². The summed E-state index contributed by atoms with van der Waals surface area (Å²) in [6.45, 7) is 4.38. The van der Waals surface area contributed by atoms with Gasteiger partial charge in [-0.15, -0.1) is 0 Å². The normalized spacial score (nSPS) is 22.7. The minimum Gasteiger partial charge on any atom is -0.413 e. The molecule has 2 nitrogen and oxygen atoms in total. The fraction of sp³-hybridized carbons (Fsp3) is 0.320. The molecule has 0 saturated carbocycles. The van der Waals surface area contributed by atoms with Gasteiger partial charge in [-0.3, -0.25) is 0 Å². The van der Waals surface area contributed by atoms with Crippen molar-refractivity contribution in [3.8, 4) is 0 Å². The smallest absolute Gasteiger partial charge is 0.413 e. The van der Waals surface area contributed by atoms with Crippen molar-refractivity contribution in [3.05, 3.63) is 84.0 Å². The van der Waals surface area contributed by atoms with Gasteiger partial charge in [-0.25, -0.2) is 0 Å². The molecule has 1 heterocycles. The first-order chi connectivity index (χ1) is 14.3. The van der Waals surface area contributed by atoms with Gasteiger partial charge in [0.1, 0.15) is 6.21 Å². The number of allylic oxidation sites excluding steroid dienone is 2. The second-order valence-corrected chi connectivity index (χ2v) is 8.90. The number of benzene rings is 2. The first-order valence-electron chi connectivity index (χ1n) is 10.8. The molecule has 0 saturated heterocycles. The van der Waals surface area contributed by atoms with Crippen LogP contribution in [0.15, 0.2) is 78.4 Å². The average molecular weight is 406 g/mol. The van der Waals surface area contributed by atoms with Crippen LogP contribution >= 0.6 is 0 Å². The summed E-state index contributed by atoms with van der Waals surface area (Å²) in [4.78, 5) is 1.42. The molecule has 2 aliphatic rings. The maximum atomic E-state index is 16.4. The van der Waals surface area contributed by atoms with Crippen LogP contribution in [-0.2, 0) is 0 Å². The van der Waals surface area contributed by atoms with Gasteiger partial charge in [0.2, 0.25) is 0 Å². The van der Waals surface area contributed by atoms with Gasteiger partial charge in [-0.2, -0.15) is 0 Å². The molecule has 1 aliphatic heterocycles. The average Bonchev–Trinajstić information content (AvgIpc) is 2.73. The first-order valence-corrected chi connectivity index (χ1v) is 10.8. The molecule has 0 bridgehead atoms. The summed E-state index contributed by atoms with van der Waals surface area (Å²) >= 11 is 0. The zero-order valence-corrected chi connectivity index (χ0v) is 18.0. The molecular weight excluding hydrogens is 377 g/mol. The molecule has 4 rings (SSSR count). The van der Waals surface area contributed by atoms with Crippen LogP contribution < -0.4 is 4.81 Å². The van der Waals surface area contributed by atoms with Crippen LogP contribution in [0.4, 0.5) is 20.0 Å². The topological polar surface area (TPSA) is 6.25 Å². The molecular formula is C25H29BF2N2. The largest absolute Gasteiger partial charge is 0.733 e. The molecule has 2 unspecified atom stereocenters. The highest BCUT2D eigenvalue weighted by atomic mass is 19.2. The van der Waals surface area contributed by atoms with Crippen LogP contribution in [0.2, 0.25) is 0 Å². The van der Waals surface area contributed by atoms with Gasteiger partial charge in [0.25, 0.3) is 0 Å². The van der Waals surface area contributed by atoms with Crippen molar-refractivity contribution in [3.63, 3.8) is 0 Å². The Labute approximate surface area is 178 Å². The van der Waals surface area contributed by atoms with Gasteiger partial charge >= 0.3 is 6.97 Å². The Hall–Kier alpha value is -2.69. The highest BCUT2D eigenvalue weighted by molar-refractivity contribution is 6.64. The third kappa shape index (κ3) is 3.40. The fourth-order valence-electron chi connectivity index (χ4n) is 4.76. The molecule has 30 heavy (non-hydrogen) atoms. The second-order valence-electron chi connectivity index (χ2n) is 8.90. The van der Waals surface area contributed by atoms with E-state index in [2.05, 4.69) is 33.8 Å². The lowest BCUT2D eigenvalue weighted by Gasteiger charge is -2.50. The summed E-state index contributed by atoms with van der Waals surface area (Å²) in [5.41, 5.74) is 2.98. The Morgan fingerprint density at radius 1 is 0.933 bits per heavy atom. The number of hydrogen-bond donors (Lipinski definition) is 0. The molecule has 0 radical (unpaired) electrons. The maximum absolute atomic E-state index is 16.4. The zero-order valence-electron chi connectivity index (χ0n) is 18.0. The predicted octanol–water partition coefficient (Wildman–Crippen LogP) is 6.44. The summed E-state index contributed by atoms with van der Waals surface area (Å²) in [6, 6.07) is 16.1. The standard InChI is InChI=1S/C25H29BF2N2/c1-18(2)22-14-10-15-23(19(3)4)25(22)30-24-16-9-8-11-20(24)17-29(26(30,27)28)21-12-6-5-7-13-21/h5-19,22,25H,1-4H3. The number of rotatable bonds is 4. The molecule has 0 spiro atoms. The van der Waals surface area contributed by atoms with Crippen molar-refractivity contribution in [2.75, 3.05) is 4.81 Å². The van der Waals surface area contributed by atoms with Gasteiger partial charge in [0.15, 0.2) is 5.69 Å². The molecule has 0 N–H and O–H groups in total. The van der Waals surface area contributed by atoms with Crippen LogP contribution in [0, 0.1) is 17.8 Å². The fourth-order valence-corrected chi connectivity index (χ4v) is 4.76. The van der Waals surface area contributed by atoms with Crippen molar-refractivity contribution >= 4 is 24.6 Å². The summed E-state index contributed by atoms with van der Waals surface area (Å²) < 4.78 is 34.0. The lowest BCUT2D eigenvalue weighted by molar-refractivity contribution is -0.323. The monoisotopic (exact) mass is 406 g/mol. The first kappa shape index (κ1) is 20.6. The lowest BCUT2D eigenvalue weighted by atomic mass is 9.71. The van der Waals surface area contributed by atoms with E-state index < -0.39 is 13.0 Å². The molecule has 2 aromatic rings. The molecule has 156 valence electrons. The van der Waals surface area contributed by atoms with E-state index in [0.29, 0.717) is 11.4 Å². The van der Waals surface area contributed by atoms with Crippen molar-refractivity contribution in [2.45, 2.75) is 33.7 Å². The molecule has 0 aromatic heterocycles. The van der Waals surface area contributed by atoms with E-state index in [1.54, 1.807) is 30.5 Å². The van der Waals surface area contributed by atoms with Gasteiger partial charge in [0.05, 0.1) is 5.56 Å². The van der Waals surface area contributed by atoms with Crippen molar-refractivity contribution in [1.82, 2.24) is 0 Å². The summed E-state index contributed by atoms with van der Waals surface area (Å²) in [6.07, 6.45) is 7.77. The minimum absolute atomic E-state index is 0.00364. The molecule has 2 aromatic carbocycles. The van der Waals surface area contributed by atoms with Crippen molar-refractivity contribution < 1.29 is 13.1 Å². The summed E-state index contributed by atoms with van der Waals surface area (Å²) in [7, 11) is 0. The SMILES string of the molecule is CC(C)C1=CC=CC(C(C)C)C1N1c2ccccc2C=[N+](c2ccccc2)[B-]1(F)F. The van der Waals surface area contributed by atoms with Crippen molar-refractivity contribution in [1.29, 1.82) is 0 Å². The van der Waals surface area contributed by atoms with Crippen molar-refractivity contribution in [2.24, 2.45) is 17.8 Å². The van der Waals surface area contributed by atoms with E-state index in [1.165, 1.54) is 9.30 Å². The molecule has 1 aliphatic carbocycles. The molecule has 5 heteroatoms.